The fraction of sp³-hybridized carbons (Fsp3) is 0.762. The maximum Gasteiger partial charge on any atom is 0.254 e. The predicted octanol–water partition coefficient (Wildman–Crippen LogP) is 3.11. The van der Waals surface area contributed by atoms with E-state index in [1.165, 1.54) is 12.8 Å². The van der Waals surface area contributed by atoms with Gasteiger partial charge in [0.2, 0.25) is 0 Å². The van der Waals surface area contributed by atoms with Gasteiger partial charge >= 0.3 is 0 Å². The van der Waals surface area contributed by atoms with Crippen molar-refractivity contribution in [3.63, 3.8) is 0 Å². The molecule has 0 saturated heterocycles. The first-order valence-electron chi connectivity index (χ1n) is 10.4. The number of hydrogen-bond acceptors (Lipinski definition) is 4. The smallest absolute Gasteiger partial charge is 0.254 e. The third-order valence-electron chi connectivity index (χ3n) is 7.46. The maximum absolute atomic E-state index is 13.2. The summed E-state index contributed by atoms with van der Waals surface area (Å²) in [5.41, 5.74) is 1.17. The number of aromatic nitrogens is 2. The van der Waals surface area contributed by atoms with Crippen LogP contribution in [0, 0.1) is 24.7 Å². The Bertz CT molecular complexity index is 712. The lowest BCUT2D eigenvalue weighted by molar-refractivity contribution is -0.136. The van der Waals surface area contributed by atoms with Crippen LogP contribution in [0.15, 0.2) is 6.20 Å². The monoisotopic (exact) mass is 355 g/mol. The molecule has 0 spiro atoms. The van der Waals surface area contributed by atoms with E-state index in [0.29, 0.717) is 29.2 Å². The molecular weight excluding hydrogens is 326 g/mol. The van der Waals surface area contributed by atoms with Crippen molar-refractivity contribution in [3.8, 4) is 0 Å². The average Bonchev–Trinajstić information content (AvgIpc) is 3.11. The molecular formula is C21H29N3O2. The quantitative estimate of drug-likeness (QED) is 0.873. The van der Waals surface area contributed by atoms with Gasteiger partial charge in [-0.3, -0.25) is 4.79 Å². The summed E-state index contributed by atoms with van der Waals surface area (Å²) in [6.45, 7) is 1.90. The summed E-state index contributed by atoms with van der Waals surface area (Å²) in [6.07, 6.45) is 11.4. The minimum absolute atomic E-state index is 0.00337. The molecule has 1 heterocycles. The van der Waals surface area contributed by atoms with Crippen LogP contribution >= 0.6 is 0 Å². The van der Waals surface area contributed by atoms with Gasteiger partial charge in [0.15, 0.2) is 0 Å². The molecule has 2 atom stereocenters. The van der Waals surface area contributed by atoms with Crippen molar-refractivity contribution in [3.05, 3.63) is 23.3 Å². The van der Waals surface area contributed by atoms with Crippen LogP contribution in [0.5, 0.6) is 0 Å². The number of amides is 1. The molecule has 6 rings (SSSR count). The SMILES string of the molecule is Cc1ncc(C(=O)N[C@H]2C3CC4CC2C[C@@](O)(C4)C3)c(C2CCCC2)n1. The zero-order valence-electron chi connectivity index (χ0n) is 15.6. The van der Waals surface area contributed by atoms with Gasteiger partial charge in [-0.25, -0.2) is 9.97 Å². The topological polar surface area (TPSA) is 75.1 Å². The van der Waals surface area contributed by atoms with Crippen molar-refractivity contribution in [2.45, 2.75) is 82.3 Å². The second kappa shape index (κ2) is 6.01. The van der Waals surface area contributed by atoms with Crippen LogP contribution < -0.4 is 5.32 Å². The number of nitrogens with zero attached hydrogens (tertiary/aromatic N) is 2. The number of rotatable bonds is 3. The Hall–Kier alpha value is -1.49. The third kappa shape index (κ3) is 2.75. The second-order valence-electron chi connectivity index (χ2n) is 9.39. The second-order valence-corrected chi connectivity index (χ2v) is 9.39. The van der Waals surface area contributed by atoms with Gasteiger partial charge in [0, 0.05) is 18.2 Å². The minimum Gasteiger partial charge on any atom is -0.390 e. The van der Waals surface area contributed by atoms with Gasteiger partial charge in [-0.2, -0.15) is 0 Å². The normalized spacial score (nSPS) is 38.7. The van der Waals surface area contributed by atoms with Crippen molar-refractivity contribution in [2.24, 2.45) is 17.8 Å². The zero-order chi connectivity index (χ0) is 17.9. The molecule has 1 amide bonds. The van der Waals surface area contributed by atoms with E-state index in [4.69, 9.17) is 0 Å². The molecule has 26 heavy (non-hydrogen) atoms. The summed E-state index contributed by atoms with van der Waals surface area (Å²) >= 11 is 0. The molecule has 2 unspecified atom stereocenters. The van der Waals surface area contributed by atoms with Gasteiger partial charge in [0.1, 0.15) is 5.82 Å². The summed E-state index contributed by atoms with van der Waals surface area (Å²) in [5.74, 6) is 2.66. The Morgan fingerprint density at radius 3 is 2.54 bits per heavy atom. The lowest BCUT2D eigenvalue weighted by Crippen LogP contribution is -2.61. The largest absolute Gasteiger partial charge is 0.390 e. The number of carbonyl (C=O) groups excluding carboxylic acids is 1. The number of aliphatic hydroxyl groups is 1. The van der Waals surface area contributed by atoms with Gasteiger partial charge in [0.25, 0.3) is 5.91 Å². The van der Waals surface area contributed by atoms with Crippen molar-refractivity contribution in [1.29, 1.82) is 0 Å². The lowest BCUT2D eigenvalue weighted by atomic mass is 9.52. The highest BCUT2D eigenvalue weighted by atomic mass is 16.3. The van der Waals surface area contributed by atoms with Crippen LogP contribution in [0.3, 0.4) is 0 Å². The van der Waals surface area contributed by atoms with E-state index in [0.717, 1.165) is 56.5 Å². The van der Waals surface area contributed by atoms with Crippen LogP contribution in [0.25, 0.3) is 0 Å². The molecule has 0 aromatic carbocycles. The van der Waals surface area contributed by atoms with Crippen molar-refractivity contribution in [2.75, 3.05) is 0 Å². The van der Waals surface area contributed by atoms with Crippen LogP contribution in [0.2, 0.25) is 0 Å². The molecule has 0 aliphatic heterocycles. The highest BCUT2D eigenvalue weighted by Crippen LogP contribution is 2.55. The van der Waals surface area contributed by atoms with Crippen LogP contribution in [0.4, 0.5) is 0 Å². The van der Waals surface area contributed by atoms with E-state index in [1.54, 1.807) is 6.20 Å². The molecule has 2 N–H and O–H groups in total. The number of aryl methyl sites for hydroxylation is 1. The predicted molar refractivity (Wildman–Crippen MR) is 97.7 cm³/mol. The van der Waals surface area contributed by atoms with Gasteiger partial charge in [0.05, 0.1) is 16.9 Å². The zero-order valence-corrected chi connectivity index (χ0v) is 15.6. The maximum atomic E-state index is 13.2. The van der Waals surface area contributed by atoms with Crippen LogP contribution in [-0.2, 0) is 0 Å². The molecule has 1 aromatic rings. The molecule has 140 valence electrons. The molecule has 1 aromatic heterocycles. The first-order chi connectivity index (χ1) is 12.5. The molecule has 5 saturated carbocycles. The van der Waals surface area contributed by atoms with Gasteiger partial charge in [-0.1, -0.05) is 12.8 Å². The van der Waals surface area contributed by atoms with Gasteiger partial charge < -0.3 is 10.4 Å². The Morgan fingerprint density at radius 2 is 1.88 bits per heavy atom. The van der Waals surface area contributed by atoms with Crippen molar-refractivity contribution < 1.29 is 9.90 Å². The fourth-order valence-corrected chi connectivity index (χ4v) is 6.62. The Balaban J connectivity index is 1.38. The average molecular weight is 355 g/mol. The highest BCUT2D eigenvalue weighted by molar-refractivity contribution is 5.95. The number of hydrogen-bond donors (Lipinski definition) is 2. The minimum atomic E-state index is -0.459. The molecule has 0 radical (unpaired) electrons. The molecule has 4 bridgehead atoms. The van der Waals surface area contributed by atoms with E-state index >= 15 is 0 Å². The molecule has 5 heteroatoms. The molecule has 5 nitrogen and oxygen atoms in total. The van der Waals surface area contributed by atoms with Gasteiger partial charge in [-0.05, 0) is 69.6 Å². The Labute approximate surface area is 155 Å². The van der Waals surface area contributed by atoms with Crippen LogP contribution in [0.1, 0.15) is 85.6 Å². The molecule has 5 fully saturated rings. The van der Waals surface area contributed by atoms with E-state index < -0.39 is 5.60 Å². The summed E-state index contributed by atoms with van der Waals surface area (Å²) in [7, 11) is 0. The van der Waals surface area contributed by atoms with Crippen LogP contribution in [-0.4, -0.2) is 32.6 Å². The number of carbonyl (C=O) groups is 1. The summed E-state index contributed by atoms with van der Waals surface area (Å²) < 4.78 is 0. The first-order valence-corrected chi connectivity index (χ1v) is 10.4. The Kier molecular flexibility index (Phi) is 3.85. The summed E-state index contributed by atoms with van der Waals surface area (Å²) in [4.78, 5) is 22.1. The van der Waals surface area contributed by atoms with E-state index in [1.807, 2.05) is 6.92 Å². The fourth-order valence-electron chi connectivity index (χ4n) is 6.62. The van der Waals surface area contributed by atoms with E-state index in [2.05, 4.69) is 15.3 Å². The molecule has 5 aliphatic rings. The standard InChI is InChI=1S/C21H29N3O2/c1-12-22-11-17(19(23-12)14-4-2-3-5-14)20(25)24-18-15-6-13-7-16(18)10-21(26,8-13)9-15/h11,13-16,18,26H,2-10H2,1H3,(H,24,25)/t13?,15?,16?,18-,21+. The lowest BCUT2D eigenvalue weighted by Gasteiger charge is -2.58. The third-order valence-corrected chi connectivity index (χ3v) is 7.46. The van der Waals surface area contributed by atoms with Crippen molar-refractivity contribution in [1.82, 2.24) is 15.3 Å². The van der Waals surface area contributed by atoms with Gasteiger partial charge in [-0.15, -0.1) is 0 Å². The van der Waals surface area contributed by atoms with E-state index in [-0.39, 0.29) is 11.9 Å². The summed E-state index contributed by atoms with van der Waals surface area (Å²) in [5, 5.41) is 14.1. The molecule has 5 aliphatic carbocycles. The van der Waals surface area contributed by atoms with E-state index in [9.17, 15) is 9.90 Å². The Morgan fingerprint density at radius 1 is 1.19 bits per heavy atom. The highest BCUT2D eigenvalue weighted by Gasteiger charge is 2.55. The number of nitrogens with one attached hydrogen (secondary N) is 1. The van der Waals surface area contributed by atoms with Crippen molar-refractivity contribution >= 4 is 5.91 Å². The first kappa shape index (κ1) is 16.7. The summed E-state index contributed by atoms with van der Waals surface area (Å²) in [6, 6.07) is 0.206.